The largest absolute Gasteiger partial charge is 0.480 e. The number of Topliss-reactive ketones (excluding diaryl/α,β-unsaturated/α-hetero) is 2. The van der Waals surface area contributed by atoms with Crippen molar-refractivity contribution in [2.24, 2.45) is 5.41 Å². The number of allylic oxidation sites excluding steroid dienone is 2. The number of amides is 1. The van der Waals surface area contributed by atoms with Crippen molar-refractivity contribution in [3.05, 3.63) is 70.9 Å². The molecule has 2 aliphatic carbocycles. The van der Waals surface area contributed by atoms with Crippen molar-refractivity contribution in [2.75, 3.05) is 13.2 Å². The Morgan fingerprint density at radius 1 is 0.974 bits per heavy atom. The third kappa shape index (κ3) is 6.56. The van der Waals surface area contributed by atoms with Crippen LogP contribution in [0.15, 0.2) is 59.8 Å². The number of benzene rings is 2. The lowest BCUT2D eigenvalue weighted by Gasteiger charge is -2.29. The van der Waals surface area contributed by atoms with Gasteiger partial charge in [0, 0.05) is 31.0 Å². The van der Waals surface area contributed by atoms with E-state index in [1.54, 1.807) is 6.92 Å². The lowest BCUT2D eigenvalue weighted by molar-refractivity contribution is -0.139. The van der Waals surface area contributed by atoms with Crippen molar-refractivity contribution < 1.29 is 29.0 Å². The molecular weight excluding hydrogens is 496 g/mol. The molecule has 1 fully saturated rings. The van der Waals surface area contributed by atoms with Gasteiger partial charge in [-0.15, -0.1) is 0 Å². The van der Waals surface area contributed by atoms with Crippen molar-refractivity contribution in [2.45, 2.75) is 64.8 Å². The van der Waals surface area contributed by atoms with Gasteiger partial charge in [0.15, 0.2) is 11.6 Å². The maximum absolute atomic E-state index is 12.5. The van der Waals surface area contributed by atoms with Crippen LogP contribution in [0.25, 0.3) is 11.1 Å². The van der Waals surface area contributed by atoms with Gasteiger partial charge in [-0.2, -0.15) is 0 Å². The van der Waals surface area contributed by atoms with E-state index in [1.807, 2.05) is 62.4 Å². The fourth-order valence-corrected chi connectivity index (χ4v) is 5.56. The highest BCUT2D eigenvalue weighted by atomic mass is 16.5. The molecule has 8 heteroatoms. The van der Waals surface area contributed by atoms with Crippen LogP contribution in [0.3, 0.4) is 0 Å². The maximum Gasteiger partial charge on any atom is 0.407 e. The lowest BCUT2D eigenvalue weighted by atomic mass is 9.73. The van der Waals surface area contributed by atoms with Crippen LogP contribution in [-0.2, 0) is 19.1 Å². The number of alkyl carbamates (subject to hydrolysis) is 1. The first-order valence-electron chi connectivity index (χ1n) is 13.4. The van der Waals surface area contributed by atoms with E-state index >= 15 is 0 Å². The molecule has 0 bridgehead atoms. The average molecular weight is 533 g/mol. The molecule has 1 amide bonds. The summed E-state index contributed by atoms with van der Waals surface area (Å²) in [7, 11) is 0. The van der Waals surface area contributed by atoms with Crippen molar-refractivity contribution in [1.82, 2.24) is 10.6 Å². The Hall–Kier alpha value is -3.94. The summed E-state index contributed by atoms with van der Waals surface area (Å²) in [6.45, 7) is 6.15. The second-order valence-corrected chi connectivity index (χ2v) is 11.1. The number of ketones is 2. The summed E-state index contributed by atoms with van der Waals surface area (Å²) in [6, 6.07) is 14.9. The van der Waals surface area contributed by atoms with Crippen molar-refractivity contribution in [1.29, 1.82) is 0 Å². The Labute approximate surface area is 228 Å². The van der Waals surface area contributed by atoms with Crippen LogP contribution in [0.5, 0.6) is 0 Å². The number of ether oxygens (including phenoxy) is 1. The number of fused-ring (bicyclic) bond motifs is 3. The topological polar surface area (TPSA) is 122 Å². The van der Waals surface area contributed by atoms with Gasteiger partial charge in [-0.05, 0) is 53.9 Å². The zero-order valence-corrected chi connectivity index (χ0v) is 22.7. The molecule has 206 valence electrons. The number of carbonyl (C=O) groups excluding carboxylic acids is 3. The molecule has 39 heavy (non-hydrogen) atoms. The first-order valence-corrected chi connectivity index (χ1v) is 13.4. The molecule has 0 aliphatic heterocycles. The molecule has 0 spiro atoms. The van der Waals surface area contributed by atoms with Crippen LogP contribution in [-0.4, -0.2) is 47.9 Å². The molecule has 1 atom stereocenters. The minimum atomic E-state index is -1.13. The number of hydrogen-bond donors (Lipinski definition) is 3. The minimum Gasteiger partial charge on any atom is -0.480 e. The zero-order chi connectivity index (χ0) is 28.2. The van der Waals surface area contributed by atoms with E-state index in [9.17, 15) is 24.3 Å². The number of carboxylic acid groups (broad SMARTS) is 1. The van der Waals surface area contributed by atoms with Crippen LogP contribution in [0.2, 0.25) is 0 Å². The van der Waals surface area contributed by atoms with Gasteiger partial charge in [0.1, 0.15) is 12.6 Å². The van der Waals surface area contributed by atoms with Gasteiger partial charge in [0.25, 0.3) is 0 Å². The molecule has 4 rings (SSSR count). The Kier molecular flexibility index (Phi) is 8.53. The van der Waals surface area contributed by atoms with Gasteiger partial charge in [-0.3, -0.25) is 9.59 Å². The summed E-state index contributed by atoms with van der Waals surface area (Å²) in [4.78, 5) is 49.2. The van der Waals surface area contributed by atoms with E-state index in [0.717, 1.165) is 22.3 Å². The molecule has 1 saturated carbocycles. The number of rotatable bonds is 10. The highest BCUT2D eigenvalue weighted by molar-refractivity contribution is 6.22. The highest BCUT2D eigenvalue weighted by Gasteiger charge is 2.36. The van der Waals surface area contributed by atoms with Crippen LogP contribution < -0.4 is 10.6 Å². The van der Waals surface area contributed by atoms with Gasteiger partial charge in [-0.1, -0.05) is 62.4 Å². The Morgan fingerprint density at radius 2 is 1.54 bits per heavy atom. The molecule has 0 saturated heterocycles. The van der Waals surface area contributed by atoms with Gasteiger partial charge >= 0.3 is 12.1 Å². The quantitative estimate of drug-likeness (QED) is 0.224. The van der Waals surface area contributed by atoms with Crippen molar-refractivity contribution in [3.63, 3.8) is 0 Å². The molecule has 2 aliphatic rings. The van der Waals surface area contributed by atoms with Gasteiger partial charge in [0.2, 0.25) is 0 Å². The van der Waals surface area contributed by atoms with E-state index < -0.39 is 18.1 Å². The first kappa shape index (κ1) is 28.1. The number of carboxylic acids is 1. The summed E-state index contributed by atoms with van der Waals surface area (Å²) in [5.41, 5.74) is 4.89. The van der Waals surface area contributed by atoms with E-state index in [1.165, 1.54) is 0 Å². The molecule has 0 radical (unpaired) electrons. The number of carbonyl (C=O) groups is 4. The Morgan fingerprint density at radius 3 is 2.10 bits per heavy atom. The van der Waals surface area contributed by atoms with Crippen molar-refractivity contribution in [3.8, 4) is 11.1 Å². The van der Waals surface area contributed by atoms with Crippen LogP contribution >= 0.6 is 0 Å². The monoisotopic (exact) mass is 532 g/mol. The maximum atomic E-state index is 12.5. The van der Waals surface area contributed by atoms with Crippen LogP contribution in [0, 0.1) is 5.41 Å². The zero-order valence-electron chi connectivity index (χ0n) is 22.7. The van der Waals surface area contributed by atoms with Gasteiger partial charge in [-0.25, -0.2) is 9.59 Å². The second kappa shape index (κ2) is 11.8. The van der Waals surface area contributed by atoms with Crippen LogP contribution in [0.4, 0.5) is 4.79 Å². The summed E-state index contributed by atoms with van der Waals surface area (Å²) in [6.07, 6.45) is 1.27. The third-order valence-electron chi connectivity index (χ3n) is 7.45. The summed E-state index contributed by atoms with van der Waals surface area (Å²) >= 11 is 0. The summed E-state index contributed by atoms with van der Waals surface area (Å²) in [5.74, 6) is -1.52. The summed E-state index contributed by atoms with van der Waals surface area (Å²) in [5, 5.41) is 15.2. The SMILES string of the molecule is CC(NCCCCC(NC(=O)OCC1c2ccccc2-c2ccccc21)C(=O)O)=C1C(=O)CC(C)(C)CC1=O. The number of hydrogen-bond acceptors (Lipinski definition) is 6. The third-order valence-corrected chi connectivity index (χ3v) is 7.45. The Bertz CT molecular complexity index is 1240. The lowest BCUT2D eigenvalue weighted by Crippen LogP contribution is -2.41. The first-order chi connectivity index (χ1) is 18.6. The second-order valence-electron chi connectivity index (χ2n) is 11.1. The molecule has 0 heterocycles. The number of unbranched alkanes of at least 4 members (excludes halogenated alkanes) is 1. The molecule has 2 aromatic rings. The fraction of sp³-hybridized carbons (Fsp3) is 0.419. The average Bonchev–Trinajstić information content (AvgIpc) is 3.19. The molecule has 1 unspecified atom stereocenters. The molecule has 3 N–H and O–H groups in total. The predicted molar refractivity (Wildman–Crippen MR) is 147 cm³/mol. The number of nitrogens with one attached hydrogen (secondary N) is 2. The normalized spacial score (nSPS) is 16.7. The van der Waals surface area contributed by atoms with E-state index in [-0.39, 0.29) is 41.5 Å². The Balaban J connectivity index is 1.24. The molecule has 8 nitrogen and oxygen atoms in total. The highest BCUT2D eigenvalue weighted by Crippen LogP contribution is 2.44. The van der Waals surface area contributed by atoms with E-state index in [0.29, 0.717) is 37.9 Å². The predicted octanol–water partition coefficient (Wildman–Crippen LogP) is 4.97. The van der Waals surface area contributed by atoms with Crippen LogP contribution in [0.1, 0.15) is 69.9 Å². The molecular formula is C31H36N2O6. The summed E-state index contributed by atoms with van der Waals surface area (Å²) < 4.78 is 5.49. The van der Waals surface area contributed by atoms with Gasteiger partial charge < -0.3 is 20.5 Å². The standard InChI is InChI=1S/C31H36N2O6/c1-19(28-26(34)16-31(2,3)17-27(28)35)32-15-9-8-14-25(29(36)37)33-30(38)39-18-24-22-12-6-4-10-20(22)21-11-5-7-13-23(21)24/h4-7,10-13,24-25,32H,8-9,14-18H2,1-3H3,(H,33,38)(H,36,37). The molecule has 0 aromatic heterocycles. The van der Waals surface area contributed by atoms with Gasteiger partial charge in [0.05, 0.1) is 5.57 Å². The smallest absolute Gasteiger partial charge is 0.407 e. The van der Waals surface area contributed by atoms with E-state index in [4.69, 9.17) is 4.74 Å². The van der Waals surface area contributed by atoms with Crippen molar-refractivity contribution >= 4 is 23.6 Å². The fourth-order valence-electron chi connectivity index (χ4n) is 5.56. The minimum absolute atomic E-state index is 0.108. The molecule has 2 aromatic carbocycles. The number of aliphatic carboxylic acids is 1. The van der Waals surface area contributed by atoms with E-state index in [2.05, 4.69) is 10.6 Å².